The summed E-state index contributed by atoms with van der Waals surface area (Å²) in [6.45, 7) is 5.66. The van der Waals surface area contributed by atoms with Gasteiger partial charge in [-0.25, -0.2) is 0 Å². The zero-order valence-corrected chi connectivity index (χ0v) is 16.8. The van der Waals surface area contributed by atoms with Crippen molar-refractivity contribution >= 4 is 17.5 Å². The second-order valence-electron chi connectivity index (χ2n) is 7.54. The van der Waals surface area contributed by atoms with Crippen LogP contribution in [0.15, 0.2) is 24.3 Å². The molecule has 0 radical (unpaired) electrons. The molecule has 1 aliphatic carbocycles. The first-order valence-corrected chi connectivity index (χ1v) is 10.1. The minimum Gasteiger partial charge on any atom is -0.495 e. The number of hydrogen-bond donors (Lipinski definition) is 3. The maximum Gasteiger partial charge on any atom is 0.279 e. The molecule has 0 bridgehead atoms. The molecule has 0 saturated heterocycles. The number of carbonyl (C=O) groups excluding carboxylic acids is 2. The number of rotatable bonds is 9. The van der Waals surface area contributed by atoms with Gasteiger partial charge in [0.2, 0.25) is 0 Å². The molecule has 3 N–H and O–H groups in total. The van der Waals surface area contributed by atoms with Gasteiger partial charge in [0.25, 0.3) is 11.8 Å². The van der Waals surface area contributed by atoms with Gasteiger partial charge >= 0.3 is 0 Å². The van der Waals surface area contributed by atoms with Gasteiger partial charge in [-0.15, -0.1) is 0 Å². The quantitative estimate of drug-likeness (QED) is 0.613. The summed E-state index contributed by atoms with van der Waals surface area (Å²) in [6, 6.07) is 7.61. The normalized spacial score (nSPS) is 20.6. The predicted molar refractivity (Wildman–Crippen MR) is 107 cm³/mol. The molecule has 6 heteroatoms. The van der Waals surface area contributed by atoms with Crippen LogP contribution in [-0.4, -0.2) is 44.6 Å². The van der Waals surface area contributed by atoms with Crippen LogP contribution in [0.3, 0.4) is 0 Å². The standard InChI is InChI=1S/C21H33N3O3/c1-4-13-24(14-20(25)22-17-10-6-5-9-16(17)2)15-21(26)23-18-11-7-8-12-19(18)27-3/h7-8,11-12,16-17H,4-6,9-10,13-15H2,1-3H3,(H,22,25)(H,23,26)/p+1/t16-,17-/m0/s1. The van der Waals surface area contributed by atoms with Crippen molar-refractivity contribution < 1.29 is 19.2 Å². The van der Waals surface area contributed by atoms with Gasteiger partial charge < -0.3 is 20.3 Å². The van der Waals surface area contributed by atoms with Crippen LogP contribution in [0.25, 0.3) is 0 Å². The molecule has 1 unspecified atom stereocenters. The number of para-hydroxylation sites is 2. The molecule has 1 fully saturated rings. The van der Waals surface area contributed by atoms with E-state index in [1.54, 1.807) is 7.11 Å². The fourth-order valence-corrected chi connectivity index (χ4v) is 3.78. The summed E-state index contributed by atoms with van der Waals surface area (Å²) in [5.41, 5.74) is 0.654. The van der Waals surface area contributed by atoms with E-state index in [-0.39, 0.29) is 24.4 Å². The molecule has 3 atom stereocenters. The Bertz CT molecular complexity index is 620. The fourth-order valence-electron chi connectivity index (χ4n) is 3.78. The second-order valence-corrected chi connectivity index (χ2v) is 7.54. The molecular weight excluding hydrogens is 342 g/mol. The Balaban J connectivity index is 1.88. The van der Waals surface area contributed by atoms with E-state index in [2.05, 4.69) is 24.5 Å². The first kappa shape index (κ1) is 21.2. The topological polar surface area (TPSA) is 71.9 Å². The van der Waals surface area contributed by atoms with Crippen molar-refractivity contribution in [3.05, 3.63) is 24.3 Å². The first-order chi connectivity index (χ1) is 13.0. The van der Waals surface area contributed by atoms with Crippen LogP contribution in [-0.2, 0) is 9.59 Å². The number of anilines is 1. The molecule has 6 nitrogen and oxygen atoms in total. The molecule has 2 rings (SSSR count). The Morgan fingerprint density at radius 3 is 2.56 bits per heavy atom. The molecular formula is C21H34N3O3+. The highest BCUT2D eigenvalue weighted by atomic mass is 16.5. The molecule has 1 aliphatic rings. The maximum atomic E-state index is 12.5. The van der Waals surface area contributed by atoms with Gasteiger partial charge in [0.05, 0.1) is 19.3 Å². The lowest BCUT2D eigenvalue weighted by atomic mass is 9.86. The van der Waals surface area contributed by atoms with Crippen LogP contribution in [0.1, 0.15) is 46.0 Å². The van der Waals surface area contributed by atoms with E-state index in [1.165, 1.54) is 19.3 Å². The SMILES string of the molecule is CCC[NH+](CC(=O)Nc1ccccc1OC)CC(=O)N[C@H]1CCCC[C@@H]1C. The molecule has 0 spiro atoms. The first-order valence-electron chi connectivity index (χ1n) is 10.1. The van der Waals surface area contributed by atoms with E-state index < -0.39 is 0 Å². The number of ether oxygens (including phenoxy) is 1. The van der Waals surface area contributed by atoms with E-state index in [9.17, 15) is 9.59 Å². The Morgan fingerprint density at radius 1 is 1.15 bits per heavy atom. The summed E-state index contributed by atoms with van der Waals surface area (Å²) in [5, 5.41) is 6.08. The summed E-state index contributed by atoms with van der Waals surface area (Å²) in [4.78, 5) is 25.9. The zero-order chi connectivity index (χ0) is 19.6. The van der Waals surface area contributed by atoms with E-state index in [0.29, 0.717) is 23.9 Å². The average molecular weight is 377 g/mol. The lowest BCUT2D eigenvalue weighted by molar-refractivity contribution is -0.883. The smallest absolute Gasteiger partial charge is 0.279 e. The molecule has 27 heavy (non-hydrogen) atoms. The van der Waals surface area contributed by atoms with Crippen LogP contribution in [0.5, 0.6) is 5.75 Å². The molecule has 150 valence electrons. The minimum atomic E-state index is -0.109. The molecule has 0 aromatic heterocycles. The minimum absolute atomic E-state index is 0.0438. The predicted octanol–water partition coefficient (Wildman–Crippen LogP) is 1.62. The van der Waals surface area contributed by atoms with Crippen LogP contribution < -0.4 is 20.3 Å². The number of hydrogen-bond acceptors (Lipinski definition) is 3. The highest BCUT2D eigenvalue weighted by molar-refractivity contribution is 5.93. The second kappa shape index (κ2) is 10.9. The summed E-state index contributed by atoms with van der Waals surface area (Å²) < 4.78 is 5.27. The van der Waals surface area contributed by atoms with Crippen LogP contribution in [0.4, 0.5) is 5.69 Å². The van der Waals surface area contributed by atoms with Gasteiger partial charge in [-0.05, 0) is 37.3 Å². The van der Waals surface area contributed by atoms with Crippen LogP contribution in [0, 0.1) is 5.92 Å². The summed E-state index contributed by atoms with van der Waals surface area (Å²) in [7, 11) is 1.58. The highest BCUT2D eigenvalue weighted by Gasteiger charge is 2.25. The van der Waals surface area contributed by atoms with Crippen molar-refractivity contribution in [2.45, 2.75) is 52.0 Å². The summed E-state index contributed by atoms with van der Waals surface area (Å²) >= 11 is 0. The Morgan fingerprint density at radius 2 is 1.85 bits per heavy atom. The third kappa shape index (κ3) is 6.86. The third-order valence-electron chi connectivity index (χ3n) is 5.26. The maximum absolute atomic E-state index is 12.5. The van der Waals surface area contributed by atoms with Crippen molar-refractivity contribution in [2.75, 3.05) is 32.1 Å². The van der Waals surface area contributed by atoms with Gasteiger partial charge in [-0.3, -0.25) is 9.59 Å². The molecule has 1 aromatic carbocycles. The highest BCUT2D eigenvalue weighted by Crippen LogP contribution is 2.23. The fraction of sp³-hybridized carbons (Fsp3) is 0.619. The molecule has 2 amide bonds. The van der Waals surface area contributed by atoms with Crippen molar-refractivity contribution in [1.82, 2.24) is 5.32 Å². The Kier molecular flexibility index (Phi) is 8.58. The lowest BCUT2D eigenvalue weighted by Crippen LogP contribution is -3.14. The largest absolute Gasteiger partial charge is 0.495 e. The summed E-state index contributed by atoms with van der Waals surface area (Å²) in [5.74, 6) is 1.10. The third-order valence-corrected chi connectivity index (χ3v) is 5.26. The van der Waals surface area contributed by atoms with Crippen molar-refractivity contribution in [2.24, 2.45) is 5.92 Å². The average Bonchev–Trinajstić information content (AvgIpc) is 2.64. The van der Waals surface area contributed by atoms with Crippen molar-refractivity contribution in [3.63, 3.8) is 0 Å². The number of methoxy groups -OCH3 is 1. The Labute approximate surface area is 162 Å². The van der Waals surface area contributed by atoms with Crippen molar-refractivity contribution in [1.29, 1.82) is 0 Å². The lowest BCUT2D eigenvalue weighted by Gasteiger charge is -2.30. The van der Waals surface area contributed by atoms with Gasteiger partial charge in [0.1, 0.15) is 5.75 Å². The van der Waals surface area contributed by atoms with E-state index in [4.69, 9.17) is 4.74 Å². The molecule has 1 aromatic rings. The van der Waals surface area contributed by atoms with Crippen LogP contribution >= 0.6 is 0 Å². The number of nitrogens with one attached hydrogen (secondary N) is 3. The van der Waals surface area contributed by atoms with E-state index in [0.717, 1.165) is 24.3 Å². The molecule has 0 aliphatic heterocycles. The monoisotopic (exact) mass is 376 g/mol. The number of carbonyl (C=O) groups is 2. The van der Waals surface area contributed by atoms with Gasteiger partial charge in [0, 0.05) is 6.04 Å². The van der Waals surface area contributed by atoms with Crippen molar-refractivity contribution in [3.8, 4) is 5.75 Å². The molecule has 0 heterocycles. The summed E-state index contributed by atoms with van der Waals surface area (Å²) in [6.07, 6.45) is 5.60. The van der Waals surface area contributed by atoms with Gasteiger partial charge in [0.15, 0.2) is 13.1 Å². The van der Waals surface area contributed by atoms with E-state index >= 15 is 0 Å². The number of amides is 2. The number of benzene rings is 1. The zero-order valence-electron chi connectivity index (χ0n) is 16.8. The van der Waals surface area contributed by atoms with Crippen LogP contribution in [0.2, 0.25) is 0 Å². The van der Waals surface area contributed by atoms with Gasteiger partial charge in [-0.1, -0.05) is 38.8 Å². The number of quaternary nitrogens is 1. The van der Waals surface area contributed by atoms with E-state index in [1.807, 2.05) is 24.3 Å². The molecule has 1 saturated carbocycles. The Hall–Kier alpha value is -2.08. The van der Waals surface area contributed by atoms with Gasteiger partial charge in [-0.2, -0.15) is 0 Å².